The van der Waals surface area contributed by atoms with Crippen LogP contribution in [0.4, 0.5) is 0 Å². The summed E-state index contributed by atoms with van der Waals surface area (Å²) in [6, 6.07) is 8.66. The van der Waals surface area contributed by atoms with Crippen molar-refractivity contribution in [3.8, 4) is 0 Å². The summed E-state index contributed by atoms with van der Waals surface area (Å²) in [6.07, 6.45) is 2.56. The van der Waals surface area contributed by atoms with Crippen LogP contribution in [0, 0.1) is 5.92 Å². The molecule has 1 aliphatic carbocycles. The third-order valence-corrected chi connectivity index (χ3v) is 4.27. The molecule has 3 rings (SSSR count). The molecule has 0 bridgehead atoms. The number of nitrogens with zero attached hydrogens (tertiary/aromatic N) is 1. The Hall–Kier alpha value is -1.35. The molecule has 0 spiro atoms. The van der Waals surface area contributed by atoms with Gasteiger partial charge in [0.15, 0.2) is 0 Å². The van der Waals surface area contributed by atoms with Gasteiger partial charge in [0.2, 0.25) is 0 Å². The van der Waals surface area contributed by atoms with E-state index in [0.717, 1.165) is 26.1 Å². The number of likely N-dealkylation sites (tertiary alicyclic amines) is 1. The van der Waals surface area contributed by atoms with Gasteiger partial charge in [-0.25, -0.2) is 0 Å². The monoisotopic (exact) mass is 245 g/mol. The van der Waals surface area contributed by atoms with Crippen molar-refractivity contribution in [2.24, 2.45) is 5.92 Å². The fourth-order valence-corrected chi connectivity index (χ4v) is 3.33. The van der Waals surface area contributed by atoms with Crippen LogP contribution >= 0.6 is 0 Å². The smallest absolute Gasteiger partial charge is 0.303 e. The van der Waals surface area contributed by atoms with Crippen molar-refractivity contribution in [3.63, 3.8) is 0 Å². The first-order chi connectivity index (χ1) is 8.72. The predicted molar refractivity (Wildman–Crippen MR) is 69.7 cm³/mol. The average Bonchev–Trinajstić information content (AvgIpc) is 2.73. The lowest BCUT2D eigenvalue weighted by molar-refractivity contribution is -0.138. The Morgan fingerprint density at radius 1 is 1.39 bits per heavy atom. The molecule has 0 amide bonds. The lowest BCUT2D eigenvalue weighted by atomic mass is 9.77. The first kappa shape index (κ1) is 11.7. The molecular weight excluding hydrogens is 226 g/mol. The van der Waals surface area contributed by atoms with Gasteiger partial charge in [0.05, 0.1) is 0 Å². The van der Waals surface area contributed by atoms with Gasteiger partial charge in [-0.3, -0.25) is 4.79 Å². The molecule has 3 heteroatoms. The molecule has 0 saturated carbocycles. The minimum atomic E-state index is -0.657. The topological polar surface area (TPSA) is 40.5 Å². The highest BCUT2D eigenvalue weighted by molar-refractivity contribution is 5.67. The van der Waals surface area contributed by atoms with Gasteiger partial charge in [0.25, 0.3) is 0 Å². The van der Waals surface area contributed by atoms with Crippen molar-refractivity contribution in [2.75, 3.05) is 19.6 Å². The highest BCUT2D eigenvalue weighted by atomic mass is 16.4. The van der Waals surface area contributed by atoms with E-state index in [9.17, 15) is 4.79 Å². The number of carboxylic acids is 1. The second-order valence-electron chi connectivity index (χ2n) is 5.61. The van der Waals surface area contributed by atoms with Gasteiger partial charge >= 0.3 is 5.97 Å². The van der Waals surface area contributed by atoms with E-state index in [0.29, 0.717) is 18.3 Å². The van der Waals surface area contributed by atoms with Gasteiger partial charge in [-0.2, -0.15) is 0 Å². The van der Waals surface area contributed by atoms with Gasteiger partial charge in [0.1, 0.15) is 0 Å². The molecule has 1 heterocycles. The molecule has 1 fully saturated rings. The van der Waals surface area contributed by atoms with E-state index >= 15 is 0 Å². The largest absolute Gasteiger partial charge is 0.481 e. The van der Waals surface area contributed by atoms with Crippen LogP contribution in [0.15, 0.2) is 24.3 Å². The number of carbonyl (C=O) groups is 1. The molecule has 0 radical (unpaired) electrons. The Morgan fingerprint density at radius 2 is 2.22 bits per heavy atom. The van der Waals surface area contributed by atoms with E-state index in [1.54, 1.807) is 0 Å². The fourth-order valence-electron chi connectivity index (χ4n) is 3.33. The summed E-state index contributed by atoms with van der Waals surface area (Å²) in [4.78, 5) is 13.1. The number of carboxylic acid groups (broad SMARTS) is 1. The molecule has 96 valence electrons. The van der Waals surface area contributed by atoms with Gasteiger partial charge in [0, 0.05) is 25.4 Å². The van der Waals surface area contributed by atoms with Crippen LogP contribution in [-0.4, -0.2) is 35.6 Å². The minimum Gasteiger partial charge on any atom is -0.481 e. The zero-order valence-electron chi connectivity index (χ0n) is 10.5. The van der Waals surface area contributed by atoms with Crippen LogP contribution in [0.1, 0.15) is 29.9 Å². The van der Waals surface area contributed by atoms with Crippen LogP contribution < -0.4 is 0 Å². The maximum absolute atomic E-state index is 10.7. The third kappa shape index (κ3) is 2.27. The number of fused-ring (bicyclic) bond motifs is 1. The molecule has 1 aromatic carbocycles. The quantitative estimate of drug-likeness (QED) is 0.883. The molecule has 1 aromatic rings. The summed E-state index contributed by atoms with van der Waals surface area (Å²) >= 11 is 0. The minimum absolute atomic E-state index is 0.331. The van der Waals surface area contributed by atoms with Crippen molar-refractivity contribution in [2.45, 2.75) is 25.2 Å². The Morgan fingerprint density at radius 3 is 3.00 bits per heavy atom. The summed E-state index contributed by atoms with van der Waals surface area (Å²) in [5.41, 5.74) is 2.99. The second kappa shape index (κ2) is 4.73. The SMILES string of the molecule is O=C(O)CC1CCN(CC2Cc3ccccc32)C1. The highest BCUT2D eigenvalue weighted by Gasteiger charge is 2.31. The molecule has 1 aliphatic heterocycles. The van der Waals surface area contributed by atoms with E-state index < -0.39 is 5.97 Å². The molecule has 0 aromatic heterocycles. The highest BCUT2D eigenvalue weighted by Crippen LogP contribution is 2.36. The number of hydrogen-bond acceptors (Lipinski definition) is 2. The van der Waals surface area contributed by atoms with E-state index in [4.69, 9.17) is 5.11 Å². The summed E-state index contributed by atoms with van der Waals surface area (Å²) in [5.74, 6) is 0.374. The Bertz CT molecular complexity index is 458. The summed E-state index contributed by atoms with van der Waals surface area (Å²) in [7, 11) is 0. The standard InChI is InChI=1S/C15H19NO2/c17-15(18)7-11-5-6-16(9-11)10-13-8-12-3-1-2-4-14(12)13/h1-4,11,13H,5-10H2,(H,17,18). The number of hydrogen-bond donors (Lipinski definition) is 1. The molecule has 2 unspecified atom stereocenters. The van der Waals surface area contributed by atoms with Gasteiger partial charge in [-0.1, -0.05) is 24.3 Å². The molecular formula is C15H19NO2. The van der Waals surface area contributed by atoms with E-state index in [1.165, 1.54) is 17.5 Å². The van der Waals surface area contributed by atoms with Crippen molar-refractivity contribution in [1.29, 1.82) is 0 Å². The van der Waals surface area contributed by atoms with Crippen molar-refractivity contribution >= 4 is 5.97 Å². The first-order valence-electron chi connectivity index (χ1n) is 6.74. The van der Waals surface area contributed by atoms with Gasteiger partial charge < -0.3 is 10.0 Å². The Kier molecular flexibility index (Phi) is 3.08. The third-order valence-electron chi connectivity index (χ3n) is 4.27. The first-order valence-corrected chi connectivity index (χ1v) is 6.74. The maximum atomic E-state index is 10.7. The summed E-state index contributed by atoms with van der Waals surface area (Å²) in [6.45, 7) is 3.13. The van der Waals surface area contributed by atoms with Crippen molar-refractivity contribution in [3.05, 3.63) is 35.4 Å². The maximum Gasteiger partial charge on any atom is 0.303 e. The van der Waals surface area contributed by atoms with E-state index in [1.807, 2.05) is 0 Å². The molecule has 18 heavy (non-hydrogen) atoms. The van der Waals surface area contributed by atoms with Crippen molar-refractivity contribution in [1.82, 2.24) is 4.90 Å². The van der Waals surface area contributed by atoms with Crippen LogP contribution in [0.3, 0.4) is 0 Å². The Balaban J connectivity index is 1.53. The lowest BCUT2D eigenvalue weighted by Crippen LogP contribution is -2.32. The molecule has 1 saturated heterocycles. The average molecular weight is 245 g/mol. The number of aliphatic carboxylic acids is 1. The Labute approximate surface area is 107 Å². The summed E-state index contributed by atoms with van der Waals surface area (Å²) in [5, 5.41) is 8.81. The fraction of sp³-hybridized carbons (Fsp3) is 0.533. The van der Waals surface area contributed by atoms with Crippen LogP contribution in [-0.2, 0) is 11.2 Å². The zero-order chi connectivity index (χ0) is 12.5. The van der Waals surface area contributed by atoms with Crippen molar-refractivity contribution < 1.29 is 9.90 Å². The predicted octanol–water partition coefficient (Wildman–Crippen LogP) is 2.12. The molecule has 2 atom stereocenters. The van der Waals surface area contributed by atoms with E-state index in [2.05, 4.69) is 29.2 Å². The normalized spacial score (nSPS) is 26.7. The molecule has 2 aliphatic rings. The number of benzene rings is 1. The zero-order valence-corrected chi connectivity index (χ0v) is 10.5. The van der Waals surface area contributed by atoms with Crippen LogP contribution in [0.25, 0.3) is 0 Å². The van der Waals surface area contributed by atoms with Crippen LogP contribution in [0.2, 0.25) is 0 Å². The van der Waals surface area contributed by atoms with Gasteiger partial charge in [-0.05, 0) is 36.4 Å². The summed E-state index contributed by atoms with van der Waals surface area (Å²) < 4.78 is 0. The van der Waals surface area contributed by atoms with Crippen LogP contribution in [0.5, 0.6) is 0 Å². The molecule has 1 N–H and O–H groups in total. The number of rotatable bonds is 4. The van der Waals surface area contributed by atoms with Gasteiger partial charge in [-0.15, -0.1) is 0 Å². The second-order valence-corrected chi connectivity index (χ2v) is 5.61. The van der Waals surface area contributed by atoms with E-state index in [-0.39, 0.29) is 0 Å². The lowest BCUT2D eigenvalue weighted by Gasteiger charge is -2.33. The molecule has 3 nitrogen and oxygen atoms in total.